The highest BCUT2D eigenvalue weighted by atomic mass is 16.6. The Hall–Kier alpha value is -2.65. The van der Waals surface area contributed by atoms with E-state index in [1.165, 1.54) is 7.11 Å². The van der Waals surface area contributed by atoms with E-state index in [2.05, 4.69) is 10.1 Å². The van der Waals surface area contributed by atoms with Crippen LogP contribution in [0.3, 0.4) is 0 Å². The highest BCUT2D eigenvalue weighted by molar-refractivity contribution is 5.91. The number of carbonyl (C=O) groups is 3. The summed E-state index contributed by atoms with van der Waals surface area (Å²) in [4.78, 5) is 35.3. The number of Topliss-reactive ketones (excluding diaryl/α,β-unsaturated/α-hetero) is 1. The lowest BCUT2D eigenvalue weighted by molar-refractivity contribution is -0.142. The molecule has 0 saturated carbocycles. The van der Waals surface area contributed by atoms with Gasteiger partial charge in [0.15, 0.2) is 12.4 Å². The summed E-state index contributed by atoms with van der Waals surface area (Å²) in [5.41, 5.74) is 11.0. The van der Waals surface area contributed by atoms with E-state index in [9.17, 15) is 14.4 Å². The number of nitrogens with one attached hydrogen (secondary N) is 1. The predicted molar refractivity (Wildman–Crippen MR) is 98.0 cm³/mol. The highest BCUT2D eigenvalue weighted by Crippen LogP contribution is 2.14. The molecule has 0 bridgehead atoms. The zero-order valence-corrected chi connectivity index (χ0v) is 16.0. The Bertz CT molecular complexity index is 652. The molecular formula is C18H27N3O6. The van der Waals surface area contributed by atoms with E-state index in [0.717, 1.165) is 5.56 Å². The van der Waals surface area contributed by atoms with Gasteiger partial charge in [-0.3, -0.25) is 4.79 Å². The van der Waals surface area contributed by atoms with Crippen LogP contribution in [0.1, 0.15) is 26.3 Å². The van der Waals surface area contributed by atoms with Gasteiger partial charge in [0, 0.05) is 0 Å². The molecule has 0 fully saturated rings. The molecule has 0 heterocycles. The van der Waals surface area contributed by atoms with Crippen molar-refractivity contribution in [1.29, 1.82) is 0 Å². The Morgan fingerprint density at radius 2 is 1.70 bits per heavy atom. The topological polar surface area (TPSA) is 143 Å². The van der Waals surface area contributed by atoms with Gasteiger partial charge in [-0.05, 0) is 44.9 Å². The summed E-state index contributed by atoms with van der Waals surface area (Å²) in [6, 6.07) is 5.73. The molecule has 0 spiro atoms. The largest absolute Gasteiger partial charge is 0.482 e. The standard InChI is InChI=1S/C18H27N3O6/c1-18(2,3)27-17(24)21-13(15(23)16(19)20)9-11-5-7-12(8-6-11)26-10-14(22)25-4/h5-8,13,16H,9-10,19-20H2,1-4H3,(H,21,24)/t13-/m0/s1. The molecule has 1 aromatic rings. The van der Waals surface area contributed by atoms with Crippen LogP contribution in [-0.4, -0.2) is 49.4 Å². The van der Waals surface area contributed by atoms with Gasteiger partial charge in [0.1, 0.15) is 17.5 Å². The maximum atomic E-state index is 12.2. The molecule has 0 aromatic heterocycles. The minimum absolute atomic E-state index is 0.167. The summed E-state index contributed by atoms with van der Waals surface area (Å²) in [7, 11) is 1.27. The Labute approximate surface area is 158 Å². The zero-order valence-electron chi connectivity index (χ0n) is 16.0. The smallest absolute Gasteiger partial charge is 0.408 e. The number of carbonyl (C=O) groups excluding carboxylic acids is 3. The molecule has 150 valence electrons. The van der Waals surface area contributed by atoms with Crippen molar-refractivity contribution in [1.82, 2.24) is 5.32 Å². The van der Waals surface area contributed by atoms with Crippen LogP contribution in [-0.2, 0) is 25.5 Å². The summed E-state index contributed by atoms with van der Waals surface area (Å²) in [5, 5.41) is 2.50. The van der Waals surface area contributed by atoms with Crippen LogP contribution in [0.25, 0.3) is 0 Å². The molecule has 1 atom stereocenters. The van der Waals surface area contributed by atoms with E-state index in [1.54, 1.807) is 45.0 Å². The fourth-order valence-electron chi connectivity index (χ4n) is 2.06. The number of methoxy groups -OCH3 is 1. The third kappa shape index (κ3) is 8.52. The molecule has 9 heteroatoms. The Kier molecular flexibility index (Phi) is 8.20. The Morgan fingerprint density at radius 3 is 2.19 bits per heavy atom. The average Bonchev–Trinajstić information content (AvgIpc) is 2.57. The third-order valence-electron chi connectivity index (χ3n) is 3.31. The van der Waals surface area contributed by atoms with Crippen LogP contribution in [0.2, 0.25) is 0 Å². The van der Waals surface area contributed by atoms with Gasteiger partial charge in [-0.25, -0.2) is 9.59 Å². The number of hydrogen-bond donors (Lipinski definition) is 3. The number of rotatable bonds is 8. The van der Waals surface area contributed by atoms with Crippen molar-refractivity contribution in [3.05, 3.63) is 29.8 Å². The van der Waals surface area contributed by atoms with Crippen molar-refractivity contribution in [3.63, 3.8) is 0 Å². The molecule has 5 N–H and O–H groups in total. The number of ether oxygens (including phenoxy) is 3. The molecule has 1 rings (SSSR count). The van der Waals surface area contributed by atoms with E-state index in [4.69, 9.17) is 20.9 Å². The first kappa shape index (κ1) is 22.4. The lowest BCUT2D eigenvalue weighted by Gasteiger charge is -2.24. The fraction of sp³-hybridized carbons (Fsp3) is 0.500. The second-order valence-corrected chi connectivity index (χ2v) is 6.84. The molecule has 0 aliphatic carbocycles. The number of hydrogen-bond acceptors (Lipinski definition) is 8. The van der Waals surface area contributed by atoms with Gasteiger partial charge in [0.2, 0.25) is 0 Å². The first-order valence-electron chi connectivity index (χ1n) is 8.35. The second kappa shape index (κ2) is 9.89. The van der Waals surface area contributed by atoms with Crippen molar-refractivity contribution in [2.45, 2.75) is 45.0 Å². The van der Waals surface area contributed by atoms with E-state index in [0.29, 0.717) is 5.75 Å². The number of nitrogens with two attached hydrogens (primary N) is 2. The SMILES string of the molecule is COC(=O)COc1ccc(C[C@H](NC(=O)OC(C)(C)C)C(=O)C(N)N)cc1. The lowest BCUT2D eigenvalue weighted by atomic mass is 10.0. The quantitative estimate of drug-likeness (QED) is 0.436. The predicted octanol–water partition coefficient (Wildman–Crippen LogP) is 0.487. The maximum Gasteiger partial charge on any atom is 0.408 e. The summed E-state index contributed by atoms with van der Waals surface area (Å²) in [6.45, 7) is 4.93. The van der Waals surface area contributed by atoms with E-state index >= 15 is 0 Å². The molecule has 1 amide bonds. The maximum absolute atomic E-state index is 12.2. The van der Waals surface area contributed by atoms with E-state index < -0.39 is 35.7 Å². The molecule has 0 aliphatic heterocycles. The number of benzene rings is 1. The van der Waals surface area contributed by atoms with Crippen LogP contribution in [0.15, 0.2) is 24.3 Å². The van der Waals surface area contributed by atoms with Crippen molar-refractivity contribution in [2.75, 3.05) is 13.7 Å². The first-order chi connectivity index (χ1) is 12.5. The molecule has 9 nitrogen and oxygen atoms in total. The molecule has 0 saturated heterocycles. The van der Waals surface area contributed by atoms with Crippen molar-refractivity contribution in [2.24, 2.45) is 11.5 Å². The first-order valence-corrected chi connectivity index (χ1v) is 8.35. The molecule has 0 unspecified atom stereocenters. The summed E-state index contributed by atoms with van der Waals surface area (Å²) < 4.78 is 14.9. The van der Waals surface area contributed by atoms with Crippen LogP contribution in [0, 0.1) is 0 Å². The fourth-order valence-corrected chi connectivity index (χ4v) is 2.06. The van der Waals surface area contributed by atoms with Crippen molar-refractivity contribution in [3.8, 4) is 5.75 Å². The van der Waals surface area contributed by atoms with Crippen molar-refractivity contribution < 1.29 is 28.6 Å². The van der Waals surface area contributed by atoms with Gasteiger partial charge in [-0.15, -0.1) is 0 Å². The van der Waals surface area contributed by atoms with Gasteiger partial charge >= 0.3 is 12.1 Å². The van der Waals surface area contributed by atoms with Gasteiger partial charge in [-0.2, -0.15) is 0 Å². The second-order valence-electron chi connectivity index (χ2n) is 6.84. The van der Waals surface area contributed by atoms with Crippen molar-refractivity contribution >= 4 is 17.8 Å². The molecule has 27 heavy (non-hydrogen) atoms. The molecular weight excluding hydrogens is 354 g/mol. The molecule has 0 radical (unpaired) electrons. The van der Waals surface area contributed by atoms with Crippen LogP contribution in [0.5, 0.6) is 5.75 Å². The Morgan fingerprint density at radius 1 is 1.11 bits per heavy atom. The minimum Gasteiger partial charge on any atom is -0.482 e. The Balaban J connectivity index is 2.78. The normalized spacial score (nSPS) is 12.3. The van der Waals surface area contributed by atoms with Crippen LogP contribution in [0.4, 0.5) is 4.79 Å². The molecule has 0 aliphatic rings. The van der Waals surface area contributed by atoms with Gasteiger partial charge in [-0.1, -0.05) is 12.1 Å². The number of amides is 1. The zero-order chi connectivity index (χ0) is 20.6. The van der Waals surface area contributed by atoms with Crippen LogP contribution >= 0.6 is 0 Å². The summed E-state index contributed by atoms with van der Waals surface area (Å²) >= 11 is 0. The number of esters is 1. The van der Waals surface area contributed by atoms with Gasteiger partial charge < -0.3 is 31.0 Å². The summed E-state index contributed by atoms with van der Waals surface area (Å²) in [5.74, 6) is -0.558. The van der Waals surface area contributed by atoms with Gasteiger partial charge in [0.05, 0.1) is 13.2 Å². The average molecular weight is 381 g/mol. The van der Waals surface area contributed by atoms with Gasteiger partial charge in [0.25, 0.3) is 0 Å². The van der Waals surface area contributed by atoms with E-state index in [1.807, 2.05) is 0 Å². The minimum atomic E-state index is -1.23. The lowest BCUT2D eigenvalue weighted by Crippen LogP contribution is -2.53. The summed E-state index contributed by atoms with van der Waals surface area (Å²) in [6.07, 6.45) is -1.80. The monoisotopic (exact) mass is 381 g/mol. The van der Waals surface area contributed by atoms with E-state index in [-0.39, 0.29) is 13.0 Å². The van der Waals surface area contributed by atoms with Crippen LogP contribution < -0.4 is 21.5 Å². The molecule has 1 aromatic carbocycles. The number of alkyl carbamates (subject to hydrolysis) is 1. The highest BCUT2D eigenvalue weighted by Gasteiger charge is 2.26. The third-order valence-corrected chi connectivity index (χ3v) is 3.31. The number of ketones is 1.